The molecule has 19 heavy (non-hydrogen) atoms. The summed E-state index contributed by atoms with van der Waals surface area (Å²) in [6.07, 6.45) is 2.35. The Kier molecular flexibility index (Phi) is 2.90. The summed E-state index contributed by atoms with van der Waals surface area (Å²) >= 11 is 0. The fourth-order valence-electron chi connectivity index (χ4n) is 2.45. The van der Waals surface area contributed by atoms with Gasteiger partial charge in [-0.2, -0.15) is 0 Å². The van der Waals surface area contributed by atoms with Gasteiger partial charge in [-0.3, -0.25) is 4.57 Å². The fraction of sp³-hybridized carbons (Fsp3) is 0.0667. The molecule has 2 aromatic rings. The van der Waals surface area contributed by atoms with Gasteiger partial charge >= 0.3 is 7.60 Å². The van der Waals surface area contributed by atoms with Gasteiger partial charge in [0.25, 0.3) is 0 Å². The molecule has 0 fully saturated rings. The van der Waals surface area contributed by atoms with Gasteiger partial charge in [0.15, 0.2) is 0 Å². The Morgan fingerprint density at radius 1 is 1.00 bits per heavy atom. The van der Waals surface area contributed by atoms with E-state index in [-0.39, 0.29) is 0 Å². The van der Waals surface area contributed by atoms with Crippen LogP contribution in [0.1, 0.15) is 16.7 Å². The summed E-state index contributed by atoms with van der Waals surface area (Å²) < 4.78 is 10.8. The first-order chi connectivity index (χ1) is 9.03. The molecule has 0 aromatic heterocycles. The van der Waals surface area contributed by atoms with Crippen molar-refractivity contribution >= 4 is 13.7 Å². The van der Waals surface area contributed by atoms with E-state index in [9.17, 15) is 4.57 Å². The minimum atomic E-state index is -4.09. The first kappa shape index (κ1) is 12.4. The fourth-order valence-corrected chi connectivity index (χ4v) is 2.82. The van der Waals surface area contributed by atoms with Crippen molar-refractivity contribution in [2.75, 3.05) is 0 Å². The van der Waals surface area contributed by atoms with Crippen molar-refractivity contribution < 1.29 is 14.4 Å². The summed E-state index contributed by atoms with van der Waals surface area (Å²) in [5.41, 5.74) is 5.78. The third kappa shape index (κ3) is 2.54. The molecule has 1 aliphatic rings. The number of hydrogen-bond donors (Lipinski definition) is 2. The lowest BCUT2D eigenvalue weighted by Gasteiger charge is -2.02. The number of fused-ring (bicyclic) bond motifs is 3. The molecule has 1 aliphatic carbocycles. The molecule has 0 unspecified atom stereocenters. The van der Waals surface area contributed by atoms with E-state index in [1.165, 1.54) is 28.3 Å². The smallest absolute Gasteiger partial charge is 0.321 e. The molecule has 0 bridgehead atoms. The van der Waals surface area contributed by atoms with Gasteiger partial charge in [-0.1, -0.05) is 42.5 Å². The second-order valence-corrected chi connectivity index (χ2v) is 6.13. The first-order valence-corrected chi connectivity index (χ1v) is 7.67. The molecule has 0 radical (unpaired) electrons. The van der Waals surface area contributed by atoms with Gasteiger partial charge < -0.3 is 9.79 Å². The summed E-state index contributed by atoms with van der Waals surface area (Å²) in [5, 5.41) is 0. The maximum atomic E-state index is 10.8. The highest BCUT2D eigenvalue weighted by atomic mass is 31.2. The van der Waals surface area contributed by atoms with Crippen molar-refractivity contribution in [1.29, 1.82) is 0 Å². The molecule has 2 aromatic carbocycles. The second kappa shape index (κ2) is 4.46. The van der Waals surface area contributed by atoms with Crippen molar-refractivity contribution in [2.45, 2.75) is 6.42 Å². The summed E-state index contributed by atoms with van der Waals surface area (Å²) in [7, 11) is -4.09. The Morgan fingerprint density at radius 3 is 2.53 bits per heavy atom. The third-order valence-corrected chi connectivity index (χ3v) is 3.82. The monoisotopic (exact) mass is 272 g/mol. The maximum absolute atomic E-state index is 10.8. The molecule has 0 saturated carbocycles. The lowest BCUT2D eigenvalue weighted by Crippen LogP contribution is -1.82. The van der Waals surface area contributed by atoms with E-state index >= 15 is 0 Å². The highest BCUT2D eigenvalue weighted by molar-refractivity contribution is 7.55. The van der Waals surface area contributed by atoms with Crippen molar-refractivity contribution in [2.24, 2.45) is 0 Å². The normalized spacial score (nSPS) is 13.6. The van der Waals surface area contributed by atoms with Crippen LogP contribution in [0.3, 0.4) is 0 Å². The van der Waals surface area contributed by atoms with E-state index in [4.69, 9.17) is 9.79 Å². The Labute approximate surface area is 111 Å². The van der Waals surface area contributed by atoms with Crippen LogP contribution >= 0.6 is 7.60 Å². The first-order valence-electron chi connectivity index (χ1n) is 5.99. The Bertz CT molecular complexity index is 713. The van der Waals surface area contributed by atoms with Crippen LogP contribution in [0.15, 0.2) is 48.3 Å². The van der Waals surface area contributed by atoms with Gasteiger partial charge in [-0.25, -0.2) is 0 Å². The van der Waals surface area contributed by atoms with E-state index in [1.54, 1.807) is 0 Å². The third-order valence-electron chi connectivity index (χ3n) is 3.28. The largest absolute Gasteiger partial charge is 0.349 e. The predicted molar refractivity (Wildman–Crippen MR) is 75.8 cm³/mol. The summed E-state index contributed by atoms with van der Waals surface area (Å²) in [5.74, 6) is 0.941. The molecule has 4 heteroatoms. The van der Waals surface area contributed by atoms with Crippen molar-refractivity contribution in [1.82, 2.24) is 0 Å². The Hall–Kier alpha value is -1.67. The zero-order chi connectivity index (χ0) is 13.5. The molecule has 0 saturated heterocycles. The summed E-state index contributed by atoms with van der Waals surface area (Å²) in [6, 6.07) is 14.1. The second-order valence-electron chi connectivity index (χ2n) is 4.66. The van der Waals surface area contributed by atoms with Crippen LogP contribution in [-0.2, 0) is 11.0 Å². The van der Waals surface area contributed by atoms with Crippen LogP contribution in [0.2, 0.25) is 0 Å². The SMILES string of the molecule is O=P(O)(O)C=Cc1ccc2c(c1)Cc1ccccc1-2. The molecule has 96 valence electrons. The zero-order valence-corrected chi connectivity index (χ0v) is 11.0. The lowest BCUT2D eigenvalue weighted by atomic mass is 10.0. The van der Waals surface area contributed by atoms with Crippen molar-refractivity contribution in [3.8, 4) is 11.1 Å². The number of benzene rings is 2. The summed E-state index contributed by atoms with van der Waals surface area (Å²) in [6.45, 7) is 0. The molecule has 2 N–H and O–H groups in total. The highest BCUT2D eigenvalue weighted by Gasteiger charge is 2.17. The van der Waals surface area contributed by atoms with Crippen LogP contribution in [0.25, 0.3) is 17.2 Å². The van der Waals surface area contributed by atoms with Crippen molar-refractivity contribution in [3.05, 3.63) is 65.0 Å². The van der Waals surface area contributed by atoms with Crippen LogP contribution in [-0.4, -0.2) is 9.79 Å². The molecule has 0 heterocycles. The van der Waals surface area contributed by atoms with E-state index in [1.807, 2.05) is 30.3 Å². The number of rotatable bonds is 2. The van der Waals surface area contributed by atoms with Crippen molar-refractivity contribution in [3.63, 3.8) is 0 Å². The Balaban J connectivity index is 1.98. The molecule has 3 nitrogen and oxygen atoms in total. The average Bonchev–Trinajstić information content (AvgIpc) is 2.73. The quantitative estimate of drug-likeness (QED) is 0.703. The van der Waals surface area contributed by atoms with Crippen LogP contribution < -0.4 is 0 Å². The molecule has 3 rings (SSSR count). The summed E-state index contributed by atoms with van der Waals surface area (Å²) in [4.78, 5) is 17.7. The molecule has 0 amide bonds. The maximum Gasteiger partial charge on any atom is 0.349 e. The van der Waals surface area contributed by atoms with Gasteiger partial charge in [-0.05, 0) is 40.3 Å². The standard InChI is InChI=1S/C15H13O3P/c16-19(17,18)8-7-11-5-6-15-13(9-11)10-12-3-1-2-4-14(12)15/h1-9H,10H2,(H2,16,17,18). The molecular weight excluding hydrogens is 259 g/mol. The molecule has 0 aliphatic heterocycles. The van der Waals surface area contributed by atoms with Gasteiger partial charge in [0.05, 0.1) is 0 Å². The molecule has 0 spiro atoms. The van der Waals surface area contributed by atoms with Gasteiger partial charge in [0, 0.05) is 5.82 Å². The number of hydrogen-bond acceptors (Lipinski definition) is 1. The van der Waals surface area contributed by atoms with Gasteiger partial charge in [0.2, 0.25) is 0 Å². The van der Waals surface area contributed by atoms with E-state index in [2.05, 4.69) is 12.1 Å². The topological polar surface area (TPSA) is 57.5 Å². The highest BCUT2D eigenvalue weighted by Crippen LogP contribution is 2.39. The van der Waals surface area contributed by atoms with Crippen LogP contribution in [0.5, 0.6) is 0 Å². The zero-order valence-electron chi connectivity index (χ0n) is 10.2. The van der Waals surface area contributed by atoms with E-state index < -0.39 is 7.60 Å². The molecular formula is C15H13O3P. The predicted octanol–water partition coefficient (Wildman–Crippen LogP) is 3.41. The Morgan fingerprint density at radius 2 is 1.74 bits per heavy atom. The van der Waals surface area contributed by atoms with E-state index in [0.717, 1.165) is 17.8 Å². The van der Waals surface area contributed by atoms with E-state index in [0.29, 0.717) is 0 Å². The lowest BCUT2D eigenvalue weighted by molar-refractivity contribution is 0.386. The minimum Gasteiger partial charge on any atom is -0.321 e. The molecule has 0 atom stereocenters. The average molecular weight is 272 g/mol. The van der Waals surface area contributed by atoms with Gasteiger partial charge in [0.1, 0.15) is 0 Å². The van der Waals surface area contributed by atoms with Crippen LogP contribution in [0.4, 0.5) is 0 Å². The minimum absolute atomic E-state index is 0.815. The van der Waals surface area contributed by atoms with Gasteiger partial charge in [-0.15, -0.1) is 0 Å². The van der Waals surface area contributed by atoms with Crippen LogP contribution in [0, 0.1) is 0 Å².